The molecule has 4 aromatic heterocycles. The van der Waals surface area contributed by atoms with Crippen molar-refractivity contribution in [2.24, 2.45) is 0 Å². The zero-order valence-corrected chi connectivity index (χ0v) is 24.9. The summed E-state index contributed by atoms with van der Waals surface area (Å²) in [5, 5.41) is 6.80. The maximum Gasteiger partial charge on any atom is 0.261 e. The molecule has 1 atom stereocenters. The minimum absolute atomic E-state index is 0.155. The van der Waals surface area contributed by atoms with Crippen molar-refractivity contribution < 1.29 is 19.0 Å². The summed E-state index contributed by atoms with van der Waals surface area (Å²) in [5.41, 5.74) is 1.88. The Balaban J connectivity index is 1.15. The number of anilines is 2. The van der Waals surface area contributed by atoms with Gasteiger partial charge >= 0.3 is 0 Å². The summed E-state index contributed by atoms with van der Waals surface area (Å²) in [6.07, 6.45) is 2.51. The van der Waals surface area contributed by atoms with Crippen LogP contribution in [0.5, 0.6) is 5.75 Å². The summed E-state index contributed by atoms with van der Waals surface area (Å²) in [5.74, 6) is 0.989. The van der Waals surface area contributed by atoms with Crippen molar-refractivity contribution in [1.29, 1.82) is 0 Å². The second-order valence-electron chi connectivity index (χ2n) is 9.99. The van der Waals surface area contributed by atoms with E-state index in [0.29, 0.717) is 45.1 Å². The molecule has 216 valence electrons. The maximum atomic E-state index is 13.8. The number of hydrogen-bond donors (Lipinski definition) is 0. The van der Waals surface area contributed by atoms with E-state index < -0.39 is 0 Å². The lowest BCUT2D eigenvalue weighted by Crippen LogP contribution is -2.43. The van der Waals surface area contributed by atoms with Crippen LogP contribution in [0.25, 0.3) is 4.96 Å². The molecule has 3 aliphatic heterocycles. The number of aryl methyl sites for hydroxylation is 1. The molecule has 3 aliphatic rings. The number of nitrogens with zero attached hydrogens (tertiary/aromatic N) is 8. The number of halogens is 1. The van der Waals surface area contributed by atoms with Gasteiger partial charge in [-0.05, 0) is 19.1 Å². The Morgan fingerprint density at radius 1 is 1.05 bits per heavy atom. The molecular formula is C26H29ClN8O4S2. The van der Waals surface area contributed by atoms with Gasteiger partial charge in [0.05, 0.1) is 42.7 Å². The summed E-state index contributed by atoms with van der Waals surface area (Å²) in [6, 6.07) is 3.26. The number of carbonyl (C=O) groups excluding carboxylic acids is 1. The van der Waals surface area contributed by atoms with E-state index in [1.54, 1.807) is 28.7 Å². The summed E-state index contributed by atoms with van der Waals surface area (Å²) in [7, 11) is 0. The number of thiazole rings is 1. The highest BCUT2D eigenvalue weighted by molar-refractivity contribution is 7.16. The monoisotopic (exact) mass is 616 g/mol. The van der Waals surface area contributed by atoms with E-state index >= 15 is 0 Å². The van der Waals surface area contributed by atoms with E-state index in [1.807, 2.05) is 28.6 Å². The molecule has 7 heterocycles. The van der Waals surface area contributed by atoms with Crippen LogP contribution < -0.4 is 14.5 Å². The molecule has 41 heavy (non-hydrogen) atoms. The van der Waals surface area contributed by atoms with Gasteiger partial charge in [0.15, 0.2) is 22.6 Å². The molecule has 0 radical (unpaired) electrons. The highest BCUT2D eigenvalue weighted by Crippen LogP contribution is 2.40. The highest BCUT2D eigenvalue weighted by Gasteiger charge is 2.38. The van der Waals surface area contributed by atoms with Gasteiger partial charge in [-0.15, -0.1) is 0 Å². The number of amides is 1. The normalized spacial score (nSPS) is 19.6. The van der Waals surface area contributed by atoms with E-state index in [1.165, 1.54) is 0 Å². The second-order valence-corrected chi connectivity index (χ2v) is 12.5. The van der Waals surface area contributed by atoms with Crippen molar-refractivity contribution in [3.8, 4) is 5.75 Å². The fourth-order valence-electron chi connectivity index (χ4n) is 5.43. The molecule has 12 nitrogen and oxygen atoms in total. The minimum Gasteiger partial charge on any atom is -0.481 e. The van der Waals surface area contributed by atoms with E-state index in [4.69, 9.17) is 40.9 Å². The third-order valence-corrected chi connectivity index (χ3v) is 9.65. The molecule has 0 bridgehead atoms. The van der Waals surface area contributed by atoms with Crippen molar-refractivity contribution in [1.82, 2.24) is 29.5 Å². The number of aromatic nitrogens is 5. The molecule has 1 unspecified atom stereocenters. The van der Waals surface area contributed by atoms with Gasteiger partial charge in [-0.25, -0.2) is 19.5 Å². The average molecular weight is 617 g/mol. The molecule has 0 spiro atoms. The molecule has 7 rings (SSSR count). The Hall–Kier alpha value is -3.04. The molecule has 2 fully saturated rings. The van der Waals surface area contributed by atoms with Crippen molar-refractivity contribution in [2.45, 2.75) is 19.4 Å². The van der Waals surface area contributed by atoms with Crippen LogP contribution in [0.1, 0.15) is 27.3 Å². The first-order valence-corrected chi connectivity index (χ1v) is 15.6. The minimum atomic E-state index is -0.379. The van der Waals surface area contributed by atoms with Crippen molar-refractivity contribution in [3.63, 3.8) is 0 Å². The molecule has 0 N–H and O–H groups in total. The average Bonchev–Trinajstić information content (AvgIpc) is 3.71. The number of rotatable bonds is 6. The maximum absolute atomic E-state index is 13.8. The number of hydrogen-bond acceptors (Lipinski definition) is 12. The van der Waals surface area contributed by atoms with Crippen LogP contribution in [-0.2, 0) is 20.7 Å². The van der Waals surface area contributed by atoms with Crippen LogP contribution in [0.4, 0.5) is 10.9 Å². The van der Waals surface area contributed by atoms with E-state index in [2.05, 4.69) is 14.8 Å². The predicted octanol–water partition coefficient (Wildman–Crippen LogP) is 2.83. The summed E-state index contributed by atoms with van der Waals surface area (Å²) >= 11 is 9.62. The molecule has 2 saturated heterocycles. The molecule has 1 amide bonds. The first kappa shape index (κ1) is 26.8. The molecule has 0 aliphatic carbocycles. The van der Waals surface area contributed by atoms with Gasteiger partial charge in [-0.2, -0.15) is 5.10 Å². The van der Waals surface area contributed by atoms with Crippen LogP contribution in [-0.4, -0.2) is 101 Å². The summed E-state index contributed by atoms with van der Waals surface area (Å²) in [4.78, 5) is 35.9. The Kier molecular flexibility index (Phi) is 7.41. The van der Waals surface area contributed by atoms with Crippen LogP contribution >= 0.6 is 34.3 Å². The van der Waals surface area contributed by atoms with Crippen LogP contribution in [0.15, 0.2) is 18.3 Å². The largest absolute Gasteiger partial charge is 0.481 e. The molecule has 0 aromatic carbocycles. The Morgan fingerprint density at radius 3 is 2.56 bits per heavy atom. The first-order chi connectivity index (χ1) is 20.0. The topological polar surface area (TPSA) is 110 Å². The van der Waals surface area contributed by atoms with Gasteiger partial charge in [0.25, 0.3) is 5.91 Å². The number of imidazole rings is 1. The summed E-state index contributed by atoms with van der Waals surface area (Å²) < 4.78 is 18.8. The highest BCUT2D eigenvalue weighted by atomic mass is 35.5. The third-order valence-electron chi connectivity index (χ3n) is 7.44. The van der Waals surface area contributed by atoms with Crippen molar-refractivity contribution in [3.05, 3.63) is 44.8 Å². The lowest BCUT2D eigenvalue weighted by molar-refractivity contribution is -0.135. The third kappa shape index (κ3) is 5.23. The summed E-state index contributed by atoms with van der Waals surface area (Å²) in [6.45, 7) is 8.07. The van der Waals surface area contributed by atoms with Crippen molar-refractivity contribution >= 4 is 56.1 Å². The zero-order valence-electron chi connectivity index (χ0n) is 22.5. The van der Waals surface area contributed by atoms with Crippen LogP contribution in [0.3, 0.4) is 0 Å². The van der Waals surface area contributed by atoms with E-state index in [9.17, 15) is 4.79 Å². The number of fused-ring (bicyclic) bond motifs is 3. The standard InChI is InChI=1S/C26H29ClN8O4S2/c1-16-31-35-22-17(29-26(35)40-16)4-5-34(23(22)19-14-28-25(41-19)33-8-12-38-13-9-33)21(36)15-39-18-2-3-20(30-24(18)27)32-6-10-37-11-7-32/h2-3,14,23H,4-13,15H2,1H3. The smallest absolute Gasteiger partial charge is 0.261 e. The number of ether oxygens (including phenoxy) is 3. The van der Waals surface area contributed by atoms with Crippen LogP contribution in [0, 0.1) is 6.92 Å². The Labute approximate surface area is 249 Å². The predicted molar refractivity (Wildman–Crippen MR) is 156 cm³/mol. The van der Waals surface area contributed by atoms with Gasteiger partial charge in [-0.1, -0.05) is 34.3 Å². The lowest BCUT2D eigenvalue weighted by atomic mass is 10.0. The fraction of sp³-hybridized carbons (Fsp3) is 0.500. The van der Waals surface area contributed by atoms with Gasteiger partial charge in [0.2, 0.25) is 4.96 Å². The van der Waals surface area contributed by atoms with Gasteiger partial charge < -0.3 is 28.9 Å². The Morgan fingerprint density at radius 2 is 1.80 bits per heavy atom. The van der Waals surface area contributed by atoms with Gasteiger partial charge in [0.1, 0.15) is 16.9 Å². The molecule has 0 saturated carbocycles. The number of carbonyl (C=O) groups is 1. The SMILES string of the molecule is Cc1nn2c3c(nc2s1)CCN(C(=O)COc1ccc(N2CCOCC2)nc1Cl)C3c1cnc(N2CCOCC2)s1. The number of pyridine rings is 1. The Bertz CT molecular complexity index is 1560. The fourth-order valence-corrected chi connectivity index (χ4v) is 7.49. The van der Waals surface area contributed by atoms with Crippen molar-refractivity contribution in [2.75, 3.05) is 75.6 Å². The van der Waals surface area contributed by atoms with Gasteiger partial charge in [-0.3, -0.25) is 4.79 Å². The lowest BCUT2D eigenvalue weighted by Gasteiger charge is -2.34. The number of morpholine rings is 2. The van der Waals surface area contributed by atoms with E-state index in [-0.39, 0.29) is 23.7 Å². The first-order valence-electron chi connectivity index (χ1n) is 13.6. The van der Waals surface area contributed by atoms with Gasteiger partial charge in [0, 0.05) is 45.3 Å². The molecule has 15 heteroatoms. The van der Waals surface area contributed by atoms with E-state index in [0.717, 1.165) is 63.4 Å². The quantitative estimate of drug-likeness (QED) is 0.300. The molecule has 4 aromatic rings. The second kappa shape index (κ2) is 11.3. The molecular weight excluding hydrogens is 588 g/mol. The van der Waals surface area contributed by atoms with Crippen LogP contribution in [0.2, 0.25) is 5.15 Å². The zero-order chi connectivity index (χ0) is 27.9.